The first-order valence-corrected chi connectivity index (χ1v) is 13.2. The average Bonchev–Trinajstić information content (AvgIpc) is 3.00. The first-order valence-electron chi connectivity index (χ1n) is 13.2. The van der Waals surface area contributed by atoms with Gasteiger partial charge >= 0.3 is 0 Å². The number of methoxy groups -OCH3 is 1. The Kier molecular flexibility index (Phi) is 7.87. The van der Waals surface area contributed by atoms with Crippen molar-refractivity contribution in [3.05, 3.63) is 132 Å². The molecule has 1 amide bonds. The molecule has 206 valence electrons. The minimum absolute atomic E-state index is 0.0242. The van der Waals surface area contributed by atoms with Crippen molar-refractivity contribution in [2.45, 2.75) is 19.1 Å². The number of ether oxygens (including phenoxy) is 2. The smallest absolute Gasteiger partial charge is 0.254 e. The summed E-state index contributed by atoms with van der Waals surface area (Å²) >= 11 is 0. The van der Waals surface area contributed by atoms with Crippen LogP contribution >= 0.6 is 0 Å². The van der Waals surface area contributed by atoms with Crippen LogP contribution in [0.15, 0.2) is 115 Å². The van der Waals surface area contributed by atoms with Crippen molar-refractivity contribution < 1.29 is 14.3 Å². The number of amidine groups is 1. The van der Waals surface area contributed by atoms with E-state index in [1.807, 2.05) is 97.9 Å². The van der Waals surface area contributed by atoms with E-state index < -0.39 is 5.54 Å². The predicted molar refractivity (Wildman–Crippen MR) is 165 cm³/mol. The van der Waals surface area contributed by atoms with Crippen LogP contribution in [0.1, 0.15) is 23.6 Å². The molecule has 5 aromatic carbocycles. The van der Waals surface area contributed by atoms with Crippen molar-refractivity contribution in [1.29, 1.82) is 5.41 Å². The molecule has 0 spiro atoms. The van der Waals surface area contributed by atoms with E-state index in [4.69, 9.17) is 20.6 Å². The molecule has 0 unspecified atom stereocenters. The molecule has 0 heterocycles. The topological polar surface area (TPSA) is 109 Å². The summed E-state index contributed by atoms with van der Waals surface area (Å²) in [5.74, 6) is 0.799. The Labute approximate surface area is 239 Å². The van der Waals surface area contributed by atoms with Gasteiger partial charge in [0, 0.05) is 22.3 Å². The highest BCUT2D eigenvalue weighted by Gasteiger charge is 2.36. The monoisotopic (exact) mass is 544 g/mol. The van der Waals surface area contributed by atoms with Crippen molar-refractivity contribution in [3.63, 3.8) is 0 Å². The third-order valence-corrected chi connectivity index (χ3v) is 7.06. The lowest BCUT2D eigenvalue weighted by Crippen LogP contribution is -2.44. The Morgan fingerprint density at radius 2 is 1.56 bits per heavy atom. The first kappa shape index (κ1) is 27.3. The van der Waals surface area contributed by atoms with E-state index in [1.54, 1.807) is 31.4 Å². The molecule has 0 saturated heterocycles. The third kappa shape index (κ3) is 5.99. The zero-order chi connectivity index (χ0) is 28.8. The highest BCUT2D eigenvalue weighted by molar-refractivity contribution is 6.06. The Morgan fingerprint density at radius 1 is 0.854 bits per heavy atom. The van der Waals surface area contributed by atoms with E-state index >= 15 is 0 Å². The summed E-state index contributed by atoms with van der Waals surface area (Å²) in [5, 5.41) is 16.2. The maximum absolute atomic E-state index is 14.2. The molecule has 0 aliphatic carbocycles. The van der Waals surface area contributed by atoms with Gasteiger partial charge in [-0.15, -0.1) is 0 Å². The molecule has 5 rings (SSSR count). The number of carbonyl (C=O) groups excluding carboxylic acids is 1. The fourth-order valence-electron chi connectivity index (χ4n) is 4.70. The lowest BCUT2D eigenvalue weighted by Gasteiger charge is -2.32. The molecule has 0 aliphatic heterocycles. The minimum Gasteiger partial charge on any atom is -0.493 e. The molecule has 0 bridgehead atoms. The number of nitrogens with two attached hydrogens (primary N) is 1. The highest BCUT2D eigenvalue weighted by atomic mass is 16.5. The molecule has 0 fully saturated rings. The second kappa shape index (κ2) is 11.8. The van der Waals surface area contributed by atoms with E-state index in [1.165, 1.54) is 0 Å². The van der Waals surface area contributed by atoms with Crippen molar-refractivity contribution >= 4 is 33.9 Å². The van der Waals surface area contributed by atoms with Gasteiger partial charge in [0.05, 0.1) is 7.11 Å². The highest BCUT2D eigenvalue weighted by Crippen LogP contribution is 2.36. The fourth-order valence-corrected chi connectivity index (χ4v) is 4.70. The summed E-state index contributed by atoms with van der Waals surface area (Å²) in [6.45, 7) is 2.21. The molecular formula is C34H32N4O3. The van der Waals surface area contributed by atoms with E-state index in [9.17, 15) is 4.79 Å². The SMILES string of the molecule is COc1cc([C@](C)(Nc2ccc(C(=N)N)cc2)C(=O)Nc2cccc3ccccc23)ccc1OCc1ccccc1. The molecule has 5 N–H and O–H groups in total. The molecule has 1 atom stereocenters. The second-order valence-electron chi connectivity index (χ2n) is 9.86. The first-order chi connectivity index (χ1) is 19.9. The zero-order valence-electron chi connectivity index (χ0n) is 23.0. The van der Waals surface area contributed by atoms with Crippen LogP contribution in [0, 0.1) is 5.41 Å². The van der Waals surface area contributed by atoms with Crippen LogP contribution in [-0.2, 0) is 16.9 Å². The quantitative estimate of drug-likeness (QED) is 0.116. The van der Waals surface area contributed by atoms with E-state index in [0.717, 1.165) is 16.3 Å². The molecular weight excluding hydrogens is 512 g/mol. The maximum atomic E-state index is 14.2. The molecule has 7 heteroatoms. The van der Waals surface area contributed by atoms with Crippen LogP contribution < -0.4 is 25.8 Å². The number of amides is 1. The Morgan fingerprint density at radius 3 is 2.29 bits per heavy atom. The van der Waals surface area contributed by atoms with Gasteiger partial charge in [-0.2, -0.15) is 0 Å². The Balaban J connectivity index is 1.50. The number of rotatable bonds is 10. The summed E-state index contributed by atoms with van der Waals surface area (Å²) in [5.41, 5.74) is 8.13. The number of nitrogens with one attached hydrogen (secondary N) is 3. The number of hydrogen-bond acceptors (Lipinski definition) is 5. The summed E-state index contributed by atoms with van der Waals surface area (Å²) in [4.78, 5) is 14.2. The number of benzene rings is 5. The second-order valence-corrected chi connectivity index (χ2v) is 9.86. The number of carbonyl (C=O) groups is 1. The zero-order valence-corrected chi connectivity index (χ0v) is 23.0. The largest absolute Gasteiger partial charge is 0.493 e. The van der Waals surface area contributed by atoms with E-state index in [0.29, 0.717) is 40.6 Å². The van der Waals surface area contributed by atoms with Crippen LogP contribution in [0.5, 0.6) is 11.5 Å². The van der Waals surface area contributed by atoms with Gasteiger partial charge in [0.15, 0.2) is 11.5 Å². The van der Waals surface area contributed by atoms with Gasteiger partial charge in [0.1, 0.15) is 18.0 Å². The van der Waals surface area contributed by atoms with Crippen molar-refractivity contribution in [3.8, 4) is 11.5 Å². The lowest BCUT2D eigenvalue weighted by atomic mass is 9.89. The van der Waals surface area contributed by atoms with E-state index in [-0.39, 0.29) is 11.7 Å². The standard InChI is InChI=1S/C34H32N4O3/c1-34(38-27-18-15-25(16-19-27)32(35)36,33(39)37-29-14-8-12-24-11-6-7-13-28(24)29)26-17-20-30(31(21-26)40-2)41-22-23-9-4-3-5-10-23/h3-21,38H,22H2,1-2H3,(H3,35,36)(H,37,39)/t34-/m0/s1. The Bertz CT molecular complexity index is 1680. The fraction of sp³-hybridized carbons (Fsp3) is 0.118. The number of nitrogen functional groups attached to an aromatic ring is 1. The van der Waals surface area contributed by atoms with Gasteiger partial charge < -0.3 is 25.8 Å². The number of fused-ring (bicyclic) bond motifs is 1. The minimum atomic E-state index is -1.22. The summed E-state index contributed by atoms with van der Waals surface area (Å²) in [6.07, 6.45) is 0. The van der Waals surface area contributed by atoms with E-state index in [2.05, 4.69) is 10.6 Å². The van der Waals surface area contributed by atoms with Crippen LogP contribution in [0.2, 0.25) is 0 Å². The molecule has 0 aliphatic rings. The van der Waals surface area contributed by atoms with Crippen LogP contribution in [0.3, 0.4) is 0 Å². The summed E-state index contributed by atoms with van der Waals surface area (Å²) in [6, 6.07) is 36.2. The van der Waals surface area contributed by atoms with Crippen LogP contribution in [0.25, 0.3) is 10.8 Å². The molecule has 0 aromatic heterocycles. The number of hydrogen-bond donors (Lipinski definition) is 4. The summed E-state index contributed by atoms with van der Waals surface area (Å²) < 4.78 is 11.8. The normalized spacial score (nSPS) is 12.2. The molecule has 5 aromatic rings. The van der Waals surface area contributed by atoms with Gasteiger partial charge in [-0.05, 0) is 65.9 Å². The van der Waals surface area contributed by atoms with Gasteiger partial charge in [-0.1, -0.05) is 72.8 Å². The van der Waals surface area contributed by atoms with Gasteiger partial charge in [-0.25, -0.2) is 0 Å². The van der Waals surface area contributed by atoms with Gasteiger partial charge in [0.2, 0.25) is 0 Å². The van der Waals surface area contributed by atoms with Crippen LogP contribution in [0.4, 0.5) is 11.4 Å². The molecule has 7 nitrogen and oxygen atoms in total. The van der Waals surface area contributed by atoms with Crippen molar-refractivity contribution in [1.82, 2.24) is 0 Å². The van der Waals surface area contributed by atoms with Crippen LogP contribution in [-0.4, -0.2) is 18.9 Å². The average molecular weight is 545 g/mol. The molecule has 41 heavy (non-hydrogen) atoms. The van der Waals surface area contributed by atoms with Crippen molar-refractivity contribution in [2.75, 3.05) is 17.7 Å². The molecule has 0 radical (unpaired) electrons. The summed E-state index contributed by atoms with van der Waals surface area (Å²) in [7, 11) is 1.58. The van der Waals surface area contributed by atoms with Gasteiger partial charge in [-0.3, -0.25) is 10.2 Å². The van der Waals surface area contributed by atoms with Gasteiger partial charge in [0.25, 0.3) is 5.91 Å². The third-order valence-electron chi connectivity index (χ3n) is 7.06. The maximum Gasteiger partial charge on any atom is 0.254 e. The lowest BCUT2D eigenvalue weighted by molar-refractivity contribution is -0.120. The predicted octanol–water partition coefficient (Wildman–Crippen LogP) is 6.68. The molecule has 0 saturated carbocycles. The number of anilines is 2. The van der Waals surface area contributed by atoms with Crippen molar-refractivity contribution in [2.24, 2.45) is 5.73 Å². The Hall–Kier alpha value is -5.30.